The maximum Gasteiger partial charge on any atom is 0.130 e. The van der Waals surface area contributed by atoms with Crippen LogP contribution in [0.4, 0.5) is 0 Å². The van der Waals surface area contributed by atoms with Gasteiger partial charge in [-0.2, -0.15) is 11.8 Å². The van der Waals surface area contributed by atoms with Gasteiger partial charge in [0, 0.05) is 23.3 Å². The van der Waals surface area contributed by atoms with E-state index in [4.69, 9.17) is 0 Å². The molecule has 0 spiro atoms. The van der Waals surface area contributed by atoms with E-state index < -0.39 is 0 Å². The Morgan fingerprint density at radius 2 is 2.06 bits per heavy atom. The van der Waals surface area contributed by atoms with Crippen LogP contribution < -0.4 is 0 Å². The van der Waals surface area contributed by atoms with Crippen LogP contribution in [0.5, 0.6) is 0 Å². The number of carbonyl (C=O) groups is 1. The Labute approximate surface area is 105 Å². The first-order valence-corrected chi connectivity index (χ1v) is 6.83. The van der Waals surface area contributed by atoms with E-state index in [9.17, 15) is 4.79 Å². The van der Waals surface area contributed by atoms with Crippen LogP contribution in [0.1, 0.15) is 19.0 Å². The van der Waals surface area contributed by atoms with E-state index in [2.05, 4.69) is 23.2 Å². The second-order valence-corrected chi connectivity index (χ2v) is 5.11. The van der Waals surface area contributed by atoms with Crippen LogP contribution >= 0.6 is 11.8 Å². The Bertz CT molecular complexity index is 524. The number of Topliss-reactive ketones (excluding diaryl/α,β-unsaturated/α-hetero) is 1. The summed E-state index contributed by atoms with van der Waals surface area (Å²) in [7, 11) is 0. The molecular formula is C14H15NOS. The third-order valence-electron chi connectivity index (χ3n) is 2.50. The molecule has 0 atom stereocenters. The van der Waals surface area contributed by atoms with Gasteiger partial charge >= 0.3 is 0 Å². The van der Waals surface area contributed by atoms with Gasteiger partial charge in [-0.3, -0.25) is 9.78 Å². The molecule has 2 rings (SSSR count). The number of nitrogens with zero attached hydrogens (tertiary/aromatic N) is 1. The minimum atomic E-state index is 0.254. The Hall–Kier alpha value is -1.35. The van der Waals surface area contributed by atoms with Crippen LogP contribution in [0, 0.1) is 0 Å². The number of rotatable bonds is 5. The number of hydrogen-bond acceptors (Lipinski definition) is 3. The van der Waals surface area contributed by atoms with Crippen molar-refractivity contribution in [2.75, 3.05) is 5.75 Å². The fourth-order valence-corrected chi connectivity index (χ4v) is 2.53. The monoisotopic (exact) mass is 245 g/mol. The molecule has 1 aromatic carbocycles. The van der Waals surface area contributed by atoms with Crippen molar-refractivity contribution in [3.63, 3.8) is 0 Å². The third-order valence-corrected chi connectivity index (χ3v) is 3.50. The lowest BCUT2D eigenvalue weighted by Gasteiger charge is -2.02. The summed E-state index contributed by atoms with van der Waals surface area (Å²) in [5, 5.41) is 1.17. The lowest BCUT2D eigenvalue weighted by molar-refractivity contribution is -0.116. The van der Waals surface area contributed by atoms with Gasteiger partial charge in [-0.25, -0.2) is 0 Å². The molecule has 3 heteroatoms. The lowest BCUT2D eigenvalue weighted by atomic mass is 10.2. The van der Waals surface area contributed by atoms with Gasteiger partial charge in [0.1, 0.15) is 5.78 Å². The first-order chi connectivity index (χ1) is 8.25. The summed E-state index contributed by atoms with van der Waals surface area (Å²) in [6.07, 6.45) is 0.651. The van der Waals surface area contributed by atoms with Gasteiger partial charge in [-0.15, -0.1) is 0 Å². The predicted molar refractivity (Wildman–Crippen MR) is 73.2 cm³/mol. The molecule has 0 aliphatic carbocycles. The summed E-state index contributed by atoms with van der Waals surface area (Å²) in [5.41, 5.74) is 2.12. The second-order valence-electron chi connectivity index (χ2n) is 4.00. The Balaban J connectivity index is 1.97. The molecule has 0 saturated heterocycles. The highest BCUT2D eigenvalue weighted by molar-refractivity contribution is 7.98. The highest BCUT2D eigenvalue weighted by Crippen LogP contribution is 2.16. The van der Waals surface area contributed by atoms with E-state index in [0.717, 1.165) is 22.7 Å². The van der Waals surface area contributed by atoms with Crippen LogP contribution in [0.3, 0.4) is 0 Å². The highest BCUT2D eigenvalue weighted by Gasteiger charge is 1.99. The van der Waals surface area contributed by atoms with Crippen molar-refractivity contribution in [1.29, 1.82) is 0 Å². The van der Waals surface area contributed by atoms with Gasteiger partial charge in [0.25, 0.3) is 0 Å². The number of thioether (sulfide) groups is 1. The van der Waals surface area contributed by atoms with Crippen molar-refractivity contribution in [1.82, 2.24) is 4.98 Å². The molecule has 0 amide bonds. The molecule has 0 aliphatic rings. The minimum Gasteiger partial charge on any atom is -0.300 e. The van der Waals surface area contributed by atoms with Crippen LogP contribution in [0.15, 0.2) is 36.4 Å². The maximum atomic E-state index is 10.8. The van der Waals surface area contributed by atoms with E-state index in [-0.39, 0.29) is 5.78 Å². The fourth-order valence-electron chi connectivity index (χ4n) is 1.58. The molecule has 17 heavy (non-hydrogen) atoms. The number of fused-ring (bicyclic) bond motifs is 1. The highest BCUT2D eigenvalue weighted by atomic mass is 32.2. The molecule has 1 aromatic heterocycles. The van der Waals surface area contributed by atoms with E-state index in [1.807, 2.05) is 18.2 Å². The average Bonchev–Trinajstić information content (AvgIpc) is 2.34. The normalized spacial score (nSPS) is 10.6. The zero-order chi connectivity index (χ0) is 12.1. The summed E-state index contributed by atoms with van der Waals surface area (Å²) in [4.78, 5) is 15.4. The zero-order valence-corrected chi connectivity index (χ0v) is 10.7. The van der Waals surface area contributed by atoms with E-state index in [1.54, 1.807) is 18.7 Å². The van der Waals surface area contributed by atoms with Gasteiger partial charge in [0.2, 0.25) is 0 Å². The van der Waals surface area contributed by atoms with Crippen molar-refractivity contribution >= 4 is 28.4 Å². The Morgan fingerprint density at radius 1 is 1.24 bits per heavy atom. The topological polar surface area (TPSA) is 30.0 Å². The molecule has 2 aromatic rings. The predicted octanol–water partition coefficient (Wildman–Crippen LogP) is 3.45. The van der Waals surface area contributed by atoms with Gasteiger partial charge in [-0.05, 0) is 19.1 Å². The summed E-state index contributed by atoms with van der Waals surface area (Å²) in [5.74, 6) is 2.01. The van der Waals surface area contributed by atoms with Crippen LogP contribution in [0.25, 0.3) is 10.9 Å². The van der Waals surface area contributed by atoms with Crippen molar-refractivity contribution < 1.29 is 4.79 Å². The number of benzene rings is 1. The van der Waals surface area contributed by atoms with Gasteiger partial charge in [0.15, 0.2) is 0 Å². The number of para-hydroxylation sites is 1. The molecule has 1 heterocycles. The molecule has 0 aliphatic heterocycles. The number of aromatic nitrogens is 1. The molecule has 2 nitrogen and oxygen atoms in total. The second kappa shape index (κ2) is 5.82. The number of pyridine rings is 1. The van der Waals surface area contributed by atoms with Crippen molar-refractivity contribution in [2.45, 2.75) is 19.1 Å². The number of ketones is 1. The molecular weight excluding hydrogens is 230 g/mol. The minimum absolute atomic E-state index is 0.254. The van der Waals surface area contributed by atoms with E-state index >= 15 is 0 Å². The molecule has 0 fully saturated rings. The van der Waals surface area contributed by atoms with Gasteiger partial charge in [0.05, 0.1) is 11.2 Å². The van der Waals surface area contributed by atoms with E-state index in [0.29, 0.717) is 6.42 Å². The first kappa shape index (κ1) is 12.1. The smallest absolute Gasteiger partial charge is 0.130 e. The van der Waals surface area contributed by atoms with Crippen LogP contribution in [-0.2, 0) is 10.5 Å². The van der Waals surface area contributed by atoms with Crippen LogP contribution in [-0.4, -0.2) is 16.5 Å². The molecule has 0 radical (unpaired) electrons. The summed E-state index contributed by atoms with van der Waals surface area (Å²) in [6, 6.07) is 12.3. The fraction of sp³-hybridized carbons (Fsp3) is 0.286. The van der Waals surface area contributed by atoms with E-state index in [1.165, 1.54) is 5.39 Å². The SMILES string of the molecule is CC(=O)CCSCc1ccc2ccccc2n1. The number of carbonyl (C=O) groups excluding carboxylic acids is 1. The average molecular weight is 245 g/mol. The summed E-state index contributed by atoms with van der Waals surface area (Å²) in [6.45, 7) is 1.63. The maximum absolute atomic E-state index is 10.8. The summed E-state index contributed by atoms with van der Waals surface area (Å²) < 4.78 is 0. The molecule has 88 valence electrons. The third kappa shape index (κ3) is 3.56. The Morgan fingerprint density at radius 3 is 2.88 bits per heavy atom. The molecule has 0 bridgehead atoms. The van der Waals surface area contributed by atoms with Gasteiger partial charge in [-0.1, -0.05) is 24.3 Å². The van der Waals surface area contributed by atoms with Crippen LogP contribution in [0.2, 0.25) is 0 Å². The van der Waals surface area contributed by atoms with Crippen molar-refractivity contribution in [3.05, 3.63) is 42.1 Å². The van der Waals surface area contributed by atoms with Crippen molar-refractivity contribution in [3.8, 4) is 0 Å². The molecule has 0 saturated carbocycles. The zero-order valence-electron chi connectivity index (χ0n) is 9.85. The number of hydrogen-bond donors (Lipinski definition) is 0. The molecule has 0 N–H and O–H groups in total. The lowest BCUT2D eigenvalue weighted by Crippen LogP contribution is -1.93. The van der Waals surface area contributed by atoms with Gasteiger partial charge < -0.3 is 0 Å². The Kier molecular flexibility index (Phi) is 4.15. The largest absolute Gasteiger partial charge is 0.300 e. The first-order valence-electron chi connectivity index (χ1n) is 5.67. The summed E-state index contributed by atoms with van der Waals surface area (Å²) >= 11 is 1.76. The molecule has 0 unspecified atom stereocenters. The quantitative estimate of drug-likeness (QED) is 0.756. The van der Waals surface area contributed by atoms with Crippen molar-refractivity contribution in [2.24, 2.45) is 0 Å². The standard InChI is InChI=1S/C14H15NOS/c1-11(16)8-9-17-10-13-7-6-12-4-2-3-5-14(12)15-13/h2-7H,8-10H2,1H3.